The van der Waals surface area contributed by atoms with Gasteiger partial charge in [-0.05, 0) is 66.5 Å². The van der Waals surface area contributed by atoms with Gasteiger partial charge in [0, 0.05) is 24.1 Å². The van der Waals surface area contributed by atoms with E-state index in [-0.39, 0.29) is 39.5 Å². The highest BCUT2D eigenvalue weighted by atomic mass is 32.2. The highest BCUT2D eigenvalue weighted by Gasteiger charge is 2.37. The lowest BCUT2D eigenvalue weighted by atomic mass is 9.86. The molecule has 39 heavy (non-hydrogen) atoms. The summed E-state index contributed by atoms with van der Waals surface area (Å²) in [5.74, 6) is -0.204. The predicted molar refractivity (Wildman–Crippen MR) is 150 cm³/mol. The highest BCUT2D eigenvalue weighted by molar-refractivity contribution is 7.92. The third-order valence-electron chi connectivity index (χ3n) is 7.29. The molecule has 0 aliphatic heterocycles. The number of hydrogen-bond acceptors (Lipinski definition) is 6. The van der Waals surface area contributed by atoms with Crippen molar-refractivity contribution in [3.8, 4) is 11.5 Å². The number of para-hydroxylation sites is 1. The van der Waals surface area contributed by atoms with Crippen molar-refractivity contribution in [3.05, 3.63) is 118 Å². The van der Waals surface area contributed by atoms with Gasteiger partial charge >= 0.3 is 5.63 Å². The van der Waals surface area contributed by atoms with Gasteiger partial charge < -0.3 is 14.6 Å². The van der Waals surface area contributed by atoms with E-state index in [1.165, 1.54) is 18.2 Å². The van der Waals surface area contributed by atoms with Crippen molar-refractivity contribution in [1.82, 2.24) is 0 Å². The zero-order chi connectivity index (χ0) is 27.6. The van der Waals surface area contributed by atoms with Crippen LogP contribution in [0.3, 0.4) is 0 Å². The van der Waals surface area contributed by atoms with Crippen LogP contribution >= 0.6 is 0 Å². The first-order chi connectivity index (χ1) is 18.8. The van der Waals surface area contributed by atoms with Gasteiger partial charge in [0.25, 0.3) is 10.0 Å². The average Bonchev–Trinajstić information content (AvgIpc) is 3.75. The quantitative estimate of drug-likeness (QED) is 0.221. The van der Waals surface area contributed by atoms with Gasteiger partial charge in [0.1, 0.15) is 22.2 Å². The summed E-state index contributed by atoms with van der Waals surface area (Å²) >= 11 is 0. The first kappa shape index (κ1) is 26.6. The van der Waals surface area contributed by atoms with E-state index in [0.29, 0.717) is 17.7 Å². The fraction of sp³-hybridized carbons (Fsp3) is 0.258. The Morgan fingerprint density at radius 2 is 1.59 bits per heavy atom. The van der Waals surface area contributed by atoms with Crippen LogP contribution in [0.4, 0.5) is 5.69 Å². The molecular weight excluding hydrogens is 514 g/mol. The summed E-state index contributed by atoms with van der Waals surface area (Å²) in [6, 6.07) is 24.0. The van der Waals surface area contributed by atoms with E-state index in [0.717, 1.165) is 24.8 Å². The number of anilines is 1. The van der Waals surface area contributed by atoms with Gasteiger partial charge in [-0.3, -0.25) is 4.72 Å². The average molecular weight is 546 g/mol. The fourth-order valence-electron chi connectivity index (χ4n) is 5.19. The zero-order valence-electron chi connectivity index (χ0n) is 21.6. The molecule has 1 heterocycles. The minimum Gasteiger partial charge on any atom is -0.507 e. The molecule has 8 heteroatoms. The van der Waals surface area contributed by atoms with Gasteiger partial charge in [-0.2, -0.15) is 0 Å². The monoisotopic (exact) mass is 545 g/mol. The first-order valence-electron chi connectivity index (χ1n) is 13.1. The Morgan fingerprint density at radius 1 is 0.897 bits per heavy atom. The molecule has 1 aromatic heterocycles. The van der Waals surface area contributed by atoms with Crippen molar-refractivity contribution in [1.29, 1.82) is 0 Å². The second kappa shape index (κ2) is 11.0. The fourth-order valence-corrected chi connectivity index (χ4v) is 6.33. The molecule has 1 fully saturated rings. The number of sulfonamides is 1. The SMILES string of the molecule is CCC(Cc1cc(O)c(C(c2cccc(NS(=O)(=O)c3ccccc3O)c2)C2CC2)c(=O)o1)c1ccccc1. The summed E-state index contributed by atoms with van der Waals surface area (Å²) in [5.41, 5.74) is 1.74. The maximum atomic E-state index is 13.3. The summed E-state index contributed by atoms with van der Waals surface area (Å²) in [5, 5.41) is 21.1. The molecule has 2 atom stereocenters. The Morgan fingerprint density at radius 3 is 2.26 bits per heavy atom. The maximum Gasteiger partial charge on any atom is 0.343 e. The van der Waals surface area contributed by atoms with E-state index in [9.17, 15) is 23.4 Å². The second-order valence-corrected chi connectivity index (χ2v) is 11.7. The number of rotatable bonds is 10. The standard InChI is InChI=1S/C31H31NO6S/c1-2-20(21-9-4-3-5-10-21)18-25-19-27(34)30(31(35)38-25)29(22-15-16-22)23-11-8-12-24(17-23)32-39(36,37)28-14-7-6-13-26(28)33/h3-14,17,19-20,22,29,32-34H,2,15-16,18H2,1H3. The molecule has 5 rings (SSSR count). The Bertz CT molecular complexity index is 1630. The van der Waals surface area contributed by atoms with Crippen LogP contribution < -0.4 is 10.3 Å². The lowest BCUT2D eigenvalue weighted by Crippen LogP contribution is -2.18. The van der Waals surface area contributed by atoms with Crippen molar-refractivity contribution >= 4 is 15.7 Å². The van der Waals surface area contributed by atoms with Crippen LogP contribution in [-0.4, -0.2) is 18.6 Å². The third-order valence-corrected chi connectivity index (χ3v) is 8.71. The van der Waals surface area contributed by atoms with Crippen LogP contribution in [0.1, 0.15) is 60.5 Å². The summed E-state index contributed by atoms with van der Waals surface area (Å²) in [4.78, 5) is 13.1. The summed E-state index contributed by atoms with van der Waals surface area (Å²) < 4.78 is 34.1. The zero-order valence-corrected chi connectivity index (χ0v) is 22.4. The van der Waals surface area contributed by atoms with Crippen LogP contribution in [0.5, 0.6) is 11.5 Å². The van der Waals surface area contributed by atoms with E-state index in [1.54, 1.807) is 30.3 Å². The van der Waals surface area contributed by atoms with E-state index in [4.69, 9.17) is 4.42 Å². The van der Waals surface area contributed by atoms with Crippen LogP contribution in [0.15, 0.2) is 99.0 Å². The van der Waals surface area contributed by atoms with Crippen molar-refractivity contribution < 1.29 is 23.0 Å². The van der Waals surface area contributed by atoms with Crippen LogP contribution in [-0.2, 0) is 16.4 Å². The summed E-state index contributed by atoms with van der Waals surface area (Å²) in [7, 11) is -4.04. The molecule has 4 aromatic rings. The molecule has 1 aliphatic carbocycles. The van der Waals surface area contributed by atoms with Crippen molar-refractivity contribution in [2.75, 3.05) is 4.72 Å². The van der Waals surface area contributed by atoms with Crippen molar-refractivity contribution in [3.63, 3.8) is 0 Å². The molecule has 3 N–H and O–H groups in total. The van der Waals surface area contributed by atoms with Crippen LogP contribution in [0, 0.1) is 5.92 Å². The minimum atomic E-state index is -4.04. The highest BCUT2D eigenvalue weighted by Crippen LogP contribution is 2.48. The van der Waals surface area contributed by atoms with E-state index in [2.05, 4.69) is 11.6 Å². The molecule has 0 amide bonds. The number of phenols is 1. The largest absolute Gasteiger partial charge is 0.507 e. The van der Waals surface area contributed by atoms with E-state index in [1.807, 2.05) is 36.4 Å². The van der Waals surface area contributed by atoms with Crippen LogP contribution in [0.25, 0.3) is 0 Å². The third kappa shape index (κ3) is 5.86. The molecule has 0 radical (unpaired) electrons. The van der Waals surface area contributed by atoms with Gasteiger partial charge in [0.15, 0.2) is 0 Å². The number of benzene rings is 3. The van der Waals surface area contributed by atoms with Crippen LogP contribution in [0.2, 0.25) is 0 Å². The number of aromatic hydroxyl groups is 2. The molecule has 202 valence electrons. The molecule has 0 spiro atoms. The Kier molecular flexibility index (Phi) is 7.48. The van der Waals surface area contributed by atoms with Gasteiger partial charge in [0.2, 0.25) is 0 Å². The Labute approximate surface area is 227 Å². The molecular formula is C31H31NO6S. The van der Waals surface area contributed by atoms with Crippen molar-refractivity contribution in [2.24, 2.45) is 5.92 Å². The predicted octanol–water partition coefficient (Wildman–Crippen LogP) is 6.13. The maximum absolute atomic E-state index is 13.3. The van der Waals surface area contributed by atoms with Gasteiger partial charge in [-0.15, -0.1) is 0 Å². The topological polar surface area (TPSA) is 117 Å². The molecule has 0 bridgehead atoms. The van der Waals surface area contributed by atoms with Crippen molar-refractivity contribution in [2.45, 2.75) is 49.3 Å². The molecule has 1 aliphatic rings. The molecule has 1 saturated carbocycles. The second-order valence-electron chi connectivity index (χ2n) is 10.0. The molecule has 7 nitrogen and oxygen atoms in total. The molecule has 3 aromatic carbocycles. The number of nitrogens with one attached hydrogen (secondary N) is 1. The summed E-state index contributed by atoms with van der Waals surface area (Å²) in [6.07, 6.45) is 3.10. The lowest BCUT2D eigenvalue weighted by molar-refractivity contribution is 0.395. The number of hydrogen-bond donors (Lipinski definition) is 3. The van der Waals surface area contributed by atoms with Gasteiger partial charge in [-0.1, -0.05) is 61.5 Å². The van der Waals surface area contributed by atoms with E-state index < -0.39 is 21.6 Å². The minimum absolute atomic E-state index is 0.110. The first-order valence-corrected chi connectivity index (χ1v) is 14.6. The molecule has 0 saturated heterocycles. The lowest BCUT2D eigenvalue weighted by Gasteiger charge is -2.20. The normalized spacial score (nSPS) is 15.0. The van der Waals surface area contributed by atoms with E-state index >= 15 is 0 Å². The van der Waals surface area contributed by atoms with Gasteiger partial charge in [0.05, 0.1) is 5.56 Å². The Hall–Kier alpha value is -4.04. The Balaban J connectivity index is 1.45. The summed E-state index contributed by atoms with van der Waals surface area (Å²) in [6.45, 7) is 2.08. The smallest absolute Gasteiger partial charge is 0.343 e. The molecule has 2 unspecified atom stereocenters. The van der Waals surface area contributed by atoms with Gasteiger partial charge in [-0.25, -0.2) is 13.2 Å². The number of phenolic OH excluding ortho intramolecular Hbond substituents is 1.